The Morgan fingerprint density at radius 2 is 2.07 bits per heavy atom. The summed E-state index contributed by atoms with van der Waals surface area (Å²) in [7, 11) is 0. The molecule has 1 aliphatic carbocycles. The van der Waals surface area contributed by atoms with Gasteiger partial charge in [-0.25, -0.2) is 15.0 Å². The van der Waals surface area contributed by atoms with Gasteiger partial charge >= 0.3 is 0 Å². The van der Waals surface area contributed by atoms with Gasteiger partial charge in [-0.15, -0.1) is 0 Å². The molecule has 0 amide bonds. The molecule has 1 aliphatic rings. The van der Waals surface area contributed by atoms with E-state index in [1.54, 1.807) is 35.3 Å². The number of hydrogen-bond acceptors (Lipinski definition) is 6. The highest BCUT2D eigenvalue weighted by Crippen LogP contribution is 2.27. The highest BCUT2D eigenvalue weighted by molar-refractivity contribution is 5.26. The second-order valence-corrected chi connectivity index (χ2v) is 6.37. The van der Waals surface area contributed by atoms with Crippen molar-refractivity contribution >= 4 is 0 Å². The molecule has 1 saturated carbocycles. The zero-order valence-electron chi connectivity index (χ0n) is 14.9. The summed E-state index contributed by atoms with van der Waals surface area (Å²) in [6.07, 6.45) is 7.21. The number of hydrogen-bond donors (Lipinski definition) is 0. The van der Waals surface area contributed by atoms with Gasteiger partial charge in [0, 0.05) is 30.1 Å². The maximum atomic E-state index is 12.5. The fraction of sp³-hybridized carbons (Fsp3) is 0.300. The first-order chi connectivity index (χ1) is 13.2. The van der Waals surface area contributed by atoms with Gasteiger partial charge in [-0.3, -0.25) is 4.79 Å². The molecule has 3 heterocycles. The summed E-state index contributed by atoms with van der Waals surface area (Å²) in [4.78, 5) is 24.9. The molecular formula is C20H18N4O3. The average Bonchev–Trinajstić information content (AvgIpc) is 3.40. The number of aromatic nitrogens is 4. The first-order valence-electron chi connectivity index (χ1n) is 8.74. The third kappa shape index (κ3) is 4.42. The van der Waals surface area contributed by atoms with E-state index in [9.17, 15) is 4.79 Å². The van der Waals surface area contributed by atoms with Gasteiger partial charge in [0.15, 0.2) is 11.6 Å². The topological polar surface area (TPSA) is 83.0 Å². The largest absolute Gasteiger partial charge is 0.485 e. The van der Waals surface area contributed by atoms with Crippen molar-refractivity contribution in [2.75, 3.05) is 0 Å². The first kappa shape index (κ1) is 17.0. The van der Waals surface area contributed by atoms with E-state index < -0.39 is 0 Å². The number of aryl methyl sites for hydroxylation is 1. The van der Waals surface area contributed by atoms with Crippen LogP contribution in [0.15, 0.2) is 46.0 Å². The zero-order chi connectivity index (χ0) is 18.6. The molecular weight excluding hydrogens is 344 g/mol. The number of nitrogens with zero attached hydrogens (tertiary/aromatic N) is 4. The van der Waals surface area contributed by atoms with Gasteiger partial charge in [0.1, 0.15) is 18.9 Å². The molecule has 3 aromatic heterocycles. The molecule has 0 unspecified atom stereocenters. The number of ether oxygens (including phenoxy) is 1. The Morgan fingerprint density at radius 3 is 2.81 bits per heavy atom. The Labute approximate surface area is 156 Å². The Hall–Kier alpha value is -3.40. The van der Waals surface area contributed by atoms with E-state index in [4.69, 9.17) is 9.15 Å². The van der Waals surface area contributed by atoms with Gasteiger partial charge in [-0.05, 0) is 37.8 Å². The van der Waals surface area contributed by atoms with Crippen LogP contribution in [-0.2, 0) is 13.2 Å². The Balaban J connectivity index is 1.45. The van der Waals surface area contributed by atoms with Crippen LogP contribution in [0.1, 0.15) is 36.0 Å². The molecule has 0 N–H and O–H groups in total. The summed E-state index contributed by atoms with van der Waals surface area (Å²) in [5.74, 6) is 8.63. The van der Waals surface area contributed by atoms with E-state index >= 15 is 0 Å². The minimum atomic E-state index is -0.192. The van der Waals surface area contributed by atoms with Crippen molar-refractivity contribution in [1.29, 1.82) is 0 Å². The van der Waals surface area contributed by atoms with Crippen molar-refractivity contribution in [1.82, 2.24) is 19.5 Å². The minimum Gasteiger partial charge on any atom is -0.485 e. The van der Waals surface area contributed by atoms with Crippen molar-refractivity contribution in [2.24, 2.45) is 5.92 Å². The van der Waals surface area contributed by atoms with E-state index in [1.165, 1.54) is 6.07 Å². The molecule has 0 bridgehead atoms. The smallest absolute Gasteiger partial charge is 0.254 e. The van der Waals surface area contributed by atoms with Gasteiger partial charge in [0.25, 0.3) is 5.56 Å². The fourth-order valence-electron chi connectivity index (χ4n) is 2.51. The average molecular weight is 362 g/mol. The van der Waals surface area contributed by atoms with Crippen LogP contribution < -0.4 is 10.3 Å². The maximum Gasteiger partial charge on any atom is 0.254 e. The number of oxazole rings is 1. The maximum absolute atomic E-state index is 12.5. The first-order valence-corrected chi connectivity index (χ1v) is 8.74. The lowest BCUT2D eigenvalue weighted by Gasteiger charge is -2.10. The van der Waals surface area contributed by atoms with Gasteiger partial charge in [0.05, 0.1) is 6.20 Å². The second kappa shape index (κ2) is 7.46. The highest BCUT2D eigenvalue weighted by atomic mass is 16.5. The van der Waals surface area contributed by atoms with Crippen molar-refractivity contribution in [2.45, 2.75) is 32.9 Å². The van der Waals surface area contributed by atoms with E-state index in [-0.39, 0.29) is 18.7 Å². The normalized spacial score (nSPS) is 13.1. The predicted molar refractivity (Wildman–Crippen MR) is 97.0 cm³/mol. The molecule has 0 saturated heterocycles. The van der Waals surface area contributed by atoms with Crippen LogP contribution in [0.25, 0.3) is 0 Å². The third-order valence-corrected chi connectivity index (χ3v) is 4.12. The molecule has 7 heteroatoms. The van der Waals surface area contributed by atoms with E-state index in [1.807, 2.05) is 6.92 Å². The quantitative estimate of drug-likeness (QED) is 0.648. The molecule has 0 atom stereocenters. The highest BCUT2D eigenvalue weighted by Gasteiger charge is 2.18. The Kier molecular flexibility index (Phi) is 4.71. The fourth-order valence-corrected chi connectivity index (χ4v) is 2.51. The summed E-state index contributed by atoms with van der Waals surface area (Å²) in [5.41, 5.74) is 0.554. The molecule has 0 spiro atoms. The lowest BCUT2D eigenvalue weighted by atomic mass is 10.3. The Bertz CT molecular complexity index is 1060. The minimum absolute atomic E-state index is 0.192. The lowest BCUT2D eigenvalue weighted by Crippen LogP contribution is -2.22. The molecule has 0 radical (unpaired) electrons. The predicted octanol–water partition coefficient (Wildman–Crippen LogP) is 2.32. The standard InChI is InChI=1S/C20H18N4O3/c1-14-9-17(26-13-18-21-7-2-8-22-18)10-20(25)24(14)12-19-23-11-16(27-19)6-5-15-3-4-15/h2,7-11,15H,3-4,12-13H2,1H3. The van der Waals surface area contributed by atoms with Gasteiger partial charge < -0.3 is 13.7 Å². The summed E-state index contributed by atoms with van der Waals surface area (Å²) < 4.78 is 12.8. The Morgan fingerprint density at radius 1 is 1.26 bits per heavy atom. The lowest BCUT2D eigenvalue weighted by molar-refractivity contribution is 0.294. The summed E-state index contributed by atoms with van der Waals surface area (Å²) in [5, 5.41) is 0. The van der Waals surface area contributed by atoms with Gasteiger partial charge in [0.2, 0.25) is 5.89 Å². The van der Waals surface area contributed by atoms with Crippen molar-refractivity contribution in [3.05, 3.63) is 70.3 Å². The van der Waals surface area contributed by atoms with Crippen LogP contribution in [0.3, 0.4) is 0 Å². The SMILES string of the molecule is Cc1cc(OCc2ncccn2)cc(=O)n1Cc1ncc(C#CC2CC2)o1. The molecule has 7 nitrogen and oxygen atoms in total. The van der Waals surface area contributed by atoms with Crippen molar-refractivity contribution in [3.8, 4) is 17.6 Å². The van der Waals surface area contributed by atoms with Crippen LogP contribution in [0, 0.1) is 24.7 Å². The molecule has 27 heavy (non-hydrogen) atoms. The number of rotatable bonds is 5. The van der Waals surface area contributed by atoms with Crippen molar-refractivity contribution < 1.29 is 9.15 Å². The van der Waals surface area contributed by atoms with Crippen LogP contribution in [0.5, 0.6) is 5.75 Å². The van der Waals surface area contributed by atoms with Gasteiger partial charge in [-0.1, -0.05) is 5.92 Å². The molecule has 1 fully saturated rings. The summed E-state index contributed by atoms with van der Waals surface area (Å²) in [6.45, 7) is 2.29. The monoisotopic (exact) mass is 362 g/mol. The van der Waals surface area contributed by atoms with E-state index in [2.05, 4.69) is 26.8 Å². The number of pyridine rings is 1. The zero-order valence-corrected chi connectivity index (χ0v) is 14.9. The van der Waals surface area contributed by atoms with Crippen LogP contribution in [-0.4, -0.2) is 19.5 Å². The van der Waals surface area contributed by atoms with E-state index in [0.29, 0.717) is 29.1 Å². The third-order valence-electron chi connectivity index (χ3n) is 4.12. The second-order valence-electron chi connectivity index (χ2n) is 6.37. The van der Waals surface area contributed by atoms with Crippen LogP contribution in [0.2, 0.25) is 0 Å². The molecule has 3 aromatic rings. The van der Waals surface area contributed by atoms with Crippen LogP contribution >= 0.6 is 0 Å². The summed E-state index contributed by atoms with van der Waals surface area (Å²) in [6, 6.07) is 4.97. The molecule has 0 aromatic carbocycles. The summed E-state index contributed by atoms with van der Waals surface area (Å²) >= 11 is 0. The van der Waals surface area contributed by atoms with Crippen molar-refractivity contribution in [3.63, 3.8) is 0 Å². The molecule has 0 aliphatic heterocycles. The van der Waals surface area contributed by atoms with Gasteiger partial charge in [-0.2, -0.15) is 0 Å². The molecule has 4 rings (SSSR count). The van der Waals surface area contributed by atoms with Crippen LogP contribution in [0.4, 0.5) is 0 Å². The van der Waals surface area contributed by atoms with E-state index in [0.717, 1.165) is 18.5 Å². The molecule has 136 valence electrons.